The normalized spacial score (nSPS) is 11.8. The minimum absolute atomic E-state index is 1.18. The Hall–Kier alpha value is -6.38. The maximum atomic E-state index is 2.48. The number of hydrogen-bond acceptors (Lipinski definition) is 0. The van der Waals surface area contributed by atoms with Crippen molar-refractivity contribution >= 4 is 54.4 Å². The van der Waals surface area contributed by atoms with E-state index in [1.165, 1.54) is 88.0 Å². The Bertz CT molecular complexity index is 2820. The number of fused-ring (bicyclic) bond motifs is 7. The molecule has 0 aliphatic rings. The van der Waals surface area contributed by atoms with Crippen LogP contribution in [0.25, 0.3) is 88.0 Å². The van der Waals surface area contributed by atoms with Crippen LogP contribution >= 0.6 is 0 Å². The Morgan fingerprint density at radius 1 is 0.250 bits per heavy atom. The highest BCUT2D eigenvalue weighted by atomic mass is 15.0. The van der Waals surface area contributed by atoms with E-state index in [0.29, 0.717) is 0 Å². The van der Waals surface area contributed by atoms with E-state index in [0.717, 1.165) is 0 Å². The van der Waals surface area contributed by atoms with Crippen molar-refractivity contribution in [2.45, 2.75) is 0 Å². The lowest BCUT2D eigenvalue weighted by Crippen LogP contribution is -1.97. The van der Waals surface area contributed by atoms with Gasteiger partial charge in [-0.3, -0.25) is 0 Å². The average molecular weight is 611 g/mol. The molecule has 10 rings (SSSR count). The lowest BCUT2D eigenvalue weighted by Gasteiger charge is -2.15. The first kappa shape index (κ1) is 26.8. The summed E-state index contributed by atoms with van der Waals surface area (Å²) in [5.41, 5.74) is 12.1. The van der Waals surface area contributed by atoms with Crippen molar-refractivity contribution < 1.29 is 0 Å². The van der Waals surface area contributed by atoms with Crippen LogP contribution in [0.3, 0.4) is 0 Å². The summed E-state index contributed by atoms with van der Waals surface area (Å²) >= 11 is 0. The minimum Gasteiger partial charge on any atom is -0.309 e. The van der Waals surface area contributed by atoms with Gasteiger partial charge in [0.25, 0.3) is 0 Å². The number of benzene rings is 8. The molecule has 0 spiro atoms. The predicted octanol–water partition coefficient (Wildman–Crippen LogP) is 12.4. The summed E-state index contributed by atoms with van der Waals surface area (Å²) in [4.78, 5) is 0. The maximum absolute atomic E-state index is 2.48. The molecule has 224 valence electrons. The van der Waals surface area contributed by atoms with E-state index in [1.807, 2.05) is 0 Å². The number of aromatic nitrogens is 2. The number of nitrogens with zero attached hydrogens (tertiary/aromatic N) is 2. The molecular formula is C46H30N2. The molecule has 0 saturated heterocycles. The van der Waals surface area contributed by atoms with Gasteiger partial charge in [0, 0.05) is 32.5 Å². The van der Waals surface area contributed by atoms with Gasteiger partial charge in [-0.2, -0.15) is 0 Å². The van der Waals surface area contributed by atoms with Crippen LogP contribution in [-0.2, 0) is 0 Å². The van der Waals surface area contributed by atoms with Crippen LogP contribution < -0.4 is 0 Å². The molecular weight excluding hydrogens is 581 g/mol. The van der Waals surface area contributed by atoms with E-state index in [9.17, 15) is 0 Å². The third kappa shape index (κ3) is 3.93. The zero-order valence-corrected chi connectivity index (χ0v) is 26.2. The third-order valence-electron chi connectivity index (χ3n) is 9.92. The Kier molecular flexibility index (Phi) is 5.91. The number of rotatable bonds is 4. The second-order valence-corrected chi connectivity index (χ2v) is 12.5. The summed E-state index contributed by atoms with van der Waals surface area (Å²) in [6, 6.07) is 66.1. The number of hydrogen-bond donors (Lipinski definition) is 0. The SMILES string of the molecule is c1ccc(-c2ccccc2-n2c3ccccc3c3cc4c(cc32)c2ccccc2n4-c2ccc(-c3ccccc3)c3ccccc23)cc1. The van der Waals surface area contributed by atoms with Gasteiger partial charge in [0.2, 0.25) is 0 Å². The molecule has 2 heteroatoms. The van der Waals surface area contributed by atoms with Crippen LogP contribution in [0, 0.1) is 0 Å². The fourth-order valence-electron chi connectivity index (χ4n) is 7.83. The molecule has 0 aliphatic carbocycles. The molecule has 0 amide bonds. The van der Waals surface area contributed by atoms with E-state index in [4.69, 9.17) is 0 Å². The summed E-state index contributed by atoms with van der Waals surface area (Å²) in [6.07, 6.45) is 0. The monoisotopic (exact) mass is 610 g/mol. The summed E-state index contributed by atoms with van der Waals surface area (Å²) < 4.78 is 4.94. The second kappa shape index (κ2) is 10.6. The van der Waals surface area contributed by atoms with Gasteiger partial charge in [-0.05, 0) is 58.5 Å². The highest BCUT2D eigenvalue weighted by Gasteiger charge is 2.21. The summed E-state index contributed by atoms with van der Waals surface area (Å²) in [5.74, 6) is 0. The van der Waals surface area contributed by atoms with Gasteiger partial charge < -0.3 is 9.13 Å². The van der Waals surface area contributed by atoms with E-state index in [2.05, 4.69) is 191 Å². The molecule has 10 aromatic rings. The molecule has 0 fully saturated rings. The van der Waals surface area contributed by atoms with Crippen molar-refractivity contribution in [3.63, 3.8) is 0 Å². The lowest BCUT2D eigenvalue weighted by molar-refractivity contribution is 1.18. The first-order valence-corrected chi connectivity index (χ1v) is 16.5. The van der Waals surface area contributed by atoms with Crippen molar-refractivity contribution in [1.29, 1.82) is 0 Å². The fourth-order valence-corrected chi connectivity index (χ4v) is 7.83. The summed E-state index contributed by atoms with van der Waals surface area (Å²) in [5, 5.41) is 7.48. The van der Waals surface area contributed by atoms with Gasteiger partial charge in [-0.15, -0.1) is 0 Å². The Labute approximate surface area is 278 Å². The van der Waals surface area contributed by atoms with Crippen LogP contribution in [0.5, 0.6) is 0 Å². The molecule has 0 aliphatic heterocycles. The van der Waals surface area contributed by atoms with Gasteiger partial charge in [0.15, 0.2) is 0 Å². The Morgan fingerprint density at radius 3 is 1.33 bits per heavy atom. The molecule has 0 unspecified atom stereocenters. The fraction of sp³-hybridized carbons (Fsp3) is 0. The first-order valence-electron chi connectivity index (χ1n) is 16.5. The predicted molar refractivity (Wildman–Crippen MR) is 203 cm³/mol. The standard InChI is InChI=1S/C46H30N2/c1-3-15-31(16-4-1)33-27-28-44(36-21-8-7-20-35(33)36)48-43-26-14-11-23-38(43)40-29-45-39(30-46(40)48)37-22-10-13-25-42(37)47(45)41-24-12-9-19-34(41)32-17-5-2-6-18-32/h1-30H. The summed E-state index contributed by atoms with van der Waals surface area (Å²) in [7, 11) is 0. The zero-order valence-electron chi connectivity index (χ0n) is 26.2. The van der Waals surface area contributed by atoms with Crippen LogP contribution in [0.2, 0.25) is 0 Å². The van der Waals surface area contributed by atoms with Gasteiger partial charge in [0.1, 0.15) is 0 Å². The van der Waals surface area contributed by atoms with E-state index >= 15 is 0 Å². The third-order valence-corrected chi connectivity index (χ3v) is 9.92. The molecule has 0 bridgehead atoms. The van der Waals surface area contributed by atoms with E-state index in [-0.39, 0.29) is 0 Å². The van der Waals surface area contributed by atoms with Crippen molar-refractivity contribution in [3.8, 4) is 33.6 Å². The molecule has 48 heavy (non-hydrogen) atoms. The second-order valence-electron chi connectivity index (χ2n) is 12.5. The molecule has 0 radical (unpaired) electrons. The highest BCUT2D eigenvalue weighted by Crippen LogP contribution is 2.42. The van der Waals surface area contributed by atoms with Gasteiger partial charge in [-0.25, -0.2) is 0 Å². The molecule has 8 aromatic carbocycles. The average Bonchev–Trinajstić information content (AvgIpc) is 3.66. The molecule has 2 nitrogen and oxygen atoms in total. The Balaban J connectivity index is 1.31. The molecule has 2 aromatic heterocycles. The largest absolute Gasteiger partial charge is 0.309 e. The van der Waals surface area contributed by atoms with Gasteiger partial charge in [0.05, 0.1) is 33.4 Å². The highest BCUT2D eigenvalue weighted by molar-refractivity contribution is 6.20. The molecule has 0 N–H and O–H groups in total. The molecule has 0 atom stereocenters. The van der Waals surface area contributed by atoms with Crippen molar-refractivity contribution in [2.75, 3.05) is 0 Å². The summed E-state index contributed by atoms with van der Waals surface area (Å²) in [6.45, 7) is 0. The smallest absolute Gasteiger partial charge is 0.0549 e. The van der Waals surface area contributed by atoms with Crippen LogP contribution in [0.15, 0.2) is 182 Å². The van der Waals surface area contributed by atoms with E-state index in [1.54, 1.807) is 0 Å². The van der Waals surface area contributed by atoms with Gasteiger partial charge in [-0.1, -0.05) is 146 Å². The minimum atomic E-state index is 1.18. The Morgan fingerprint density at radius 2 is 0.708 bits per heavy atom. The van der Waals surface area contributed by atoms with Crippen LogP contribution in [0.1, 0.15) is 0 Å². The van der Waals surface area contributed by atoms with Gasteiger partial charge >= 0.3 is 0 Å². The van der Waals surface area contributed by atoms with Crippen molar-refractivity contribution in [2.24, 2.45) is 0 Å². The lowest BCUT2D eigenvalue weighted by atomic mass is 9.97. The van der Waals surface area contributed by atoms with Crippen molar-refractivity contribution in [1.82, 2.24) is 9.13 Å². The molecule has 2 heterocycles. The molecule has 0 saturated carbocycles. The van der Waals surface area contributed by atoms with Crippen LogP contribution in [-0.4, -0.2) is 9.13 Å². The number of para-hydroxylation sites is 3. The van der Waals surface area contributed by atoms with Crippen molar-refractivity contribution in [3.05, 3.63) is 182 Å². The zero-order chi connectivity index (χ0) is 31.6. The van der Waals surface area contributed by atoms with Crippen LogP contribution in [0.4, 0.5) is 0 Å². The van der Waals surface area contributed by atoms with E-state index < -0.39 is 0 Å². The quantitative estimate of drug-likeness (QED) is 0.188. The topological polar surface area (TPSA) is 9.86 Å². The maximum Gasteiger partial charge on any atom is 0.0549 e. The first-order chi connectivity index (χ1) is 23.8.